The van der Waals surface area contributed by atoms with Crippen molar-refractivity contribution in [3.63, 3.8) is 0 Å². The van der Waals surface area contributed by atoms with Crippen molar-refractivity contribution in [1.82, 2.24) is 29.7 Å². The lowest BCUT2D eigenvalue weighted by atomic mass is 10.0. The summed E-state index contributed by atoms with van der Waals surface area (Å²) in [6.07, 6.45) is 0. The third-order valence-corrected chi connectivity index (χ3v) is 5.76. The molecule has 0 bridgehead atoms. The van der Waals surface area contributed by atoms with Gasteiger partial charge in [-0.15, -0.1) is 10.2 Å². The van der Waals surface area contributed by atoms with Gasteiger partial charge in [-0.3, -0.25) is 4.57 Å². The van der Waals surface area contributed by atoms with Crippen LogP contribution in [0.1, 0.15) is 31.2 Å². The minimum atomic E-state index is 0.0940. The van der Waals surface area contributed by atoms with E-state index in [1.807, 2.05) is 36.4 Å². The van der Waals surface area contributed by atoms with Crippen LogP contribution in [0.4, 0.5) is 11.9 Å². The summed E-state index contributed by atoms with van der Waals surface area (Å²) in [5, 5.41) is 10.3. The molecule has 0 unspecified atom stereocenters. The second-order valence-corrected chi connectivity index (χ2v) is 8.50. The Labute approximate surface area is 189 Å². The van der Waals surface area contributed by atoms with Gasteiger partial charge in [-0.2, -0.15) is 15.0 Å². The monoisotopic (exact) mass is 452 g/mol. The number of rotatable bonds is 6. The van der Waals surface area contributed by atoms with Gasteiger partial charge in [0, 0.05) is 10.6 Å². The predicted molar refractivity (Wildman–Crippen MR) is 124 cm³/mol. The minimum Gasteiger partial charge on any atom is -0.368 e. The highest BCUT2D eigenvalue weighted by atomic mass is 35.5. The lowest BCUT2D eigenvalue weighted by molar-refractivity contribution is 0.818. The van der Waals surface area contributed by atoms with E-state index < -0.39 is 0 Å². The number of nitrogens with zero attached hydrogens (tertiary/aromatic N) is 6. The van der Waals surface area contributed by atoms with Crippen LogP contribution in [0.2, 0.25) is 5.02 Å². The number of nitrogen functional groups attached to an aromatic ring is 2. The van der Waals surface area contributed by atoms with Crippen molar-refractivity contribution in [1.29, 1.82) is 0 Å². The Morgan fingerprint density at radius 2 is 1.61 bits per heavy atom. The van der Waals surface area contributed by atoms with Crippen LogP contribution >= 0.6 is 23.4 Å². The van der Waals surface area contributed by atoms with Crippen LogP contribution in [0.25, 0.3) is 17.1 Å². The number of benzene rings is 2. The molecule has 0 saturated carbocycles. The van der Waals surface area contributed by atoms with Crippen molar-refractivity contribution in [2.75, 3.05) is 11.5 Å². The van der Waals surface area contributed by atoms with E-state index in [0.717, 1.165) is 17.1 Å². The van der Waals surface area contributed by atoms with Gasteiger partial charge in [0.1, 0.15) is 5.82 Å². The maximum absolute atomic E-state index is 6.08. The summed E-state index contributed by atoms with van der Waals surface area (Å²) in [5.41, 5.74) is 14.5. The van der Waals surface area contributed by atoms with Crippen molar-refractivity contribution in [3.05, 3.63) is 64.9 Å². The smallest absolute Gasteiger partial charge is 0.225 e. The molecule has 4 aromatic rings. The molecule has 31 heavy (non-hydrogen) atoms. The first kappa shape index (κ1) is 21.1. The molecule has 0 aliphatic carbocycles. The molecule has 2 aromatic heterocycles. The van der Waals surface area contributed by atoms with Gasteiger partial charge >= 0.3 is 0 Å². The molecule has 0 saturated heterocycles. The van der Waals surface area contributed by atoms with Crippen molar-refractivity contribution in [2.24, 2.45) is 0 Å². The third-order valence-electron chi connectivity index (χ3n) is 4.58. The van der Waals surface area contributed by atoms with Crippen molar-refractivity contribution >= 4 is 35.3 Å². The van der Waals surface area contributed by atoms with Gasteiger partial charge in [-0.05, 0) is 41.8 Å². The normalized spacial score (nSPS) is 11.2. The minimum absolute atomic E-state index is 0.0940. The molecule has 4 rings (SSSR count). The predicted octanol–water partition coefficient (Wildman–Crippen LogP) is 4.35. The molecular formula is C21H21ClN8S. The number of hydrogen-bond acceptors (Lipinski definition) is 8. The van der Waals surface area contributed by atoms with Gasteiger partial charge in [0.05, 0.1) is 11.4 Å². The zero-order valence-corrected chi connectivity index (χ0v) is 18.6. The quantitative estimate of drug-likeness (QED) is 0.414. The van der Waals surface area contributed by atoms with Gasteiger partial charge in [-0.1, -0.05) is 55.4 Å². The fourth-order valence-electron chi connectivity index (χ4n) is 3.20. The van der Waals surface area contributed by atoms with Crippen LogP contribution in [0, 0.1) is 0 Å². The Kier molecular flexibility index (Phi) is 6.06. The molecule has 0 radical (unpaired) electrons. The fourth-order valence-corrected chi connectivity index (χ4v) is 4.12. The zero-order valence-electron chi connectivity index (χ0n) is 17.0. The molecule has 0 aliphatic rings. The summed E-state index contributed by atoms with van der Waals surface area (Å²) in [6, 6.07) is 15.8. The van der Waals surface area contributed by atoms with Crippen molar-refractivity contribution in [3.8, 4) is 17.1 Å². The highest BCUT2D eigenvalue weighted by molar-refractivity contribution is 7.98. The van der Waals surface area contributed by atoms with E-state index in [1.165, 1.54) is 17.3 Å². The van der Waals surface area contributed by atoms with E-state index in [-0.39, 0.29) is 11.9 Å². The highest BCUT2D eigenvalue weighted by Gasteiger charge is 2.20. The molecule has 158 valence electrons. The molecule has 2 aromatic carbocycles. The lowest BCUT2D eigenvalue weighted by Crippen LogP contribution is -2.07. The summed E-state index contributed by atoms with van der Waals surface area (Å²) in [6.45, 7) is 4.32. The molecule has 2 heterocycles. The lowest BCUT2D eigenvalue weighted by Gasteiger charge is -2.17. The number of para-hydroxylation sites is 1. The van der Waals surface area contributed by atoms with Crippen molar-refractivity contribution in [2.45, 2.75) is 30.7 Å². The number of nitrogens with two attached hydrogens (primary N) is 2. The van der Waals surface area contributed by atoms with Crippen molar-refractivity contribution < 1.29 is 0 Å². The van der Waals surface area contributed by atoms with Gasteiger partial charge in [-0.25, -0.2) is 0 Å². The van der Waals surface area contributed by atoms with Gasteiger partial charge in [0.15, 0.2) is 11.0 Å². The van der Waals surface area contributed by atoms with Crippen LogP contribution in [0.5, 0.6) is 0 Å². The second kappa shape index (κ2) is 8.91. The molecule has 0 fully saturated rings. The fraction of sp³-hybridized carbons (Fsp3) is 0.190. The molecule has 0 spiro atoms. The Balaban J connectivity index is 1.80. The van der Waals surface area contributed by atoms with Gasteiger partial charge < -0.3 is 11.5 Å². The van der Waals surface area contributed by atoms with E-state index in [0.29, 0.717) is 27.7 Å². The van der Waals surface area contributed by atoms with E-state index in [2.05, 4.69) is 55.7 Å². The Morgan fingerprint density at radius 1 is 0.935 bits per heavy atom. The number of halogens is 1. The maximum atomic E-state index is 6.08. The van der Waals surface area contributed by atoms with Crippen LogP contribution in [-0.2, 0) is 5.75 Å². The number of anilines is 2. The third kappa shape index (κ3) is 4.62. The Bertz CT molecular complexity index is 1190. The van der Waals surface area contributed by atoms with Crippen LogP contribution < -0.4 is 11.5 Å². The summed E-state index contributed by atoms with van der Waals surface area (Å²) in [5.74, 6) is 2.13. The van der Waals surface area contributed by atoms with E-state index in [1.54, 1.807) is 0 Å². The first-order valence-corrected chi connectivity index (χ1v) is 11.0. The van der Waals surface area contributed by atoms with E-state index in [4.69, 9.17) is 23.1 Å². The first-order chi connectivity index (χ1) is 14.9. The first-order valence-electron chi connectivity index (χ1n) is 9.61. The van der Waals surface area contributed by atoms with Gasteiger partial charge in [0.25, 0.3) is 0 Å². The summed E-state index contributed by atoms with van der Waals surface area (Å²) in [7, 11) is 0. The summed E-state index contributed by atoms with van der Waals surface area (Å²) < 4.78 is 2.05. The molecule has 4 N–H and O–H groups in total. The Hall–Kier alpha value is -3.17. The molecule has 8 nitrogen and oxygen atoms in total. The van der Waals surface area contributed by atoms with Crippen LogP contribution in [-0.4, -0.2) is 29.7 Å². The molecule has 0 amide bonds. The summed E-state index contributed by atoms with van der Waals surface area (Å²) >= 11 is 7.54. The standard InChI is InChI=1S/C21H21ClN8S/c1-12(2)15-5-3-4-6-16(15)30-18(13-7-9-14(22)10-8-13)28-29-21(30)31-11-17-25-19(23)27-20(24)26-17/h3-10,12H,11H2,1-2H3,(H4,23,24,25,26,27). The number of hydrogen-bond donors (Lipinski definition) is 2. The average Bonchev–Trinajstić information content (AvgIpc) is 3.16. The summed E-state index contributed by atoms with van der Waals surface area (Å²) in [4.78, 5) is 12.1. The van der Waals surface area contributed by atoms with Crippen LogP contribution in [0.15, 0.2) is 53.7 Å². The SMILES string of the molecule is CC(C)c1ccccc1-n1c(SCc2nc(N)nc(N)n2)nnc1-c1ccc(Cl)cc1. The van der Waals surface area contributed by atoms with E-state index >= 15 is 0 Å². The average molecular weight is 453 g/mol. The molecule has 0 atom stereocenters. The zero-order chi connectivity index (χ0) is 22.0. The second-order valence-electron chi connectivity index (χ2n) is 7.12. The molecule has 0 aliphatic heterocycles. The topological polar surface area (TPSA) is 121 Å². The van der Waals surface area contributed by atoms with E-state index in [9.17, 15) is 0 Å². The number of thioether (sulfide) groups is 1. The Morgan fingerprint density at radius 3 is 2.29 bits per heavy atom. The molecule has 10 heteroatoms. The van der Waals surface area contributed by atoms with Crippen LogP contribution in [0.3, 0.4) is 0 Å². The highest BCUT2D eigenvalue weighted by Crippen LogP contribution is 2.33. The molecular weight excluding hydrogens is 432 g/mol. The maximum Gasteiger partial charge on any atom is 0.225 e. The largest absolute Gasteiger partial charge is 0.368 e. The van der Waals surface area contributed by atoms with Gasteiger partial charge in [0.2, 0.25) is 11.9 Å². The number of aromatic nitrogens is 6.